The predicted octanol–water partition coefficient (Wildman–Crippen LogP) is 2.40. The Kier molecular flexibility index (Phi) is 4.35. The van der Waals surface area contributed by atoms with Crippen molar-refractivity contribution in [3.05, 3.63) is 18.7 Å². The van der Waals surface area contributed by atoms with Gasteiger partial charge in [0.15, 0.2) is 0 Å². The van der Waals surface area contributed by atoms with E-state index >= 15 is 0 Å². The Morgan fingerprint density at radius 1 is 1.43 bits per heavy atom. The Labute approximate surface area is 94.9 Å². The lowest BCUT2D eigenvalue weighted by Crippen LogP contribution is -2.18. The third kappa shape index (κ3) is 2.69. The number of imidazole rings is 1. The summed E-state index contributed by atoms with van der Waals surface area (Å²) < 4.78 is 7.34. The maximum Gasteiger partial charge on any atom is 0.269 e. The van der Waals surface area contributed by atoms with E-state index in [1.165, 1.54) is 12.8 Å². The third-order valence-electron chi connectivity index (χ3n) is 2.28. The molecular weight excluding hydrogens is 220 g/mol. The maximum atomic E-state index is 5.61. The molecule has 1 heterocycles. The molecule has 0 aliphatic heterocycles. The van der Waals surface area contributed by atoms with Crippen LogP contribution >= 0.6 is 24.6 Å². The first kappa shape index (κ1) is 11.5. The van der Waals surface area contributed by atoms with Crippen LogP contribution in [-0.2, 0) is 4.74 Å². The molecule has 0 unspecified atom stereocenters. The first-order valence-electron chi connectivity index (χ1n) is 4.55. The number of nitrogens with zero attached hydrogens (tertiary/aromatic N) is 2. The average Bonchev–Trinajstić information content (AvgIpc) is 2.74. The lowest BCUT2D eigenvalue weighted by atomic mass is 10.3. The van der Waals surface area contributed by atoms with Crippen molar-refractivity contribution in [2.75, 3.05) is 0 Å². The van der Waals surface area contributed by atoms with Gasteiger partial charge < -0.3 is 4.74 Å². The molecule has 5 heteroatoms. The van der Waals surface area contributed by atoms with Gasteiger partial charge in [-0.1, -0.05) is 0 Å². The third-order valence-corrected chi connectivity index (χ3v) is 2.59. The smallest absolute Gasteiger partial charge is 0.269 e. The largest absolute Gasteiger partial charge is 0.467 e. The second-order valence-electron chi connectivity index (χ2n) is 3.26. The van der Waals surface area contributed by atoms with Crippen molar-refractivity contribution in [2.24, 2.45) is 0 Å². The standard InChI is InChI=1S/C9H12N2OS.ClH/c13-9(11-6-5-10-7-11)12-8-3-1-2-4-8;/h5-8H,1-4H2;1H. The van der Waals surface area contributed by atoms with Gasteiger partial charge in [-0.2, -0.15) is 0 Å². The number of ether oxygens (including phenoxy) is 1. The fourth-order valence-corrected chi connectivity index (χ4v) is 1.82. The van der Waals surface area contributed by atoms with Crippen LogP contribution in [0.5, 0.6) is 0 Å². The van der Waals surface area contributed by atoms with E-state index in [0.717, 1.165) is 12.8 Å². The van der Waals surface area contributed by atoms with Gasteiger partial charge in [-0.25, -0.2) is 4.98 Å². The summed E-state index contributed by atoms with van der Waals surface area (Å²) in [5.41, 5.74) is 0. The molecule has 0 saturated heterocycles. The summed E-state index contributed by atoms with van der Waals surface area (Å²) in [5, 5.41) is 0.518. The van der Waals surface area contributed by atoms with Gasteiger partial charge in [0.1, 0.15) is 12.4 Å². The molecule has 0 atom stereocenters. The van der Waals surface area contributed by atoms with Crippen LogP contribution in [-0.4, -0.2) is 20.8 Å². The van der Waals surface area contributed by atoms with Crippen molar-refractivity contribution in [3.63, 3.8) is 0 Å². The number of aromatic nitrogens is 2. The summed E-state index contributed by atoms with van der Waals surface area (Å²) in [6.45, 7) is 0. The molecule has 3 nitrogen and oxygen atoms in total. The molecule has 0 bridgehead atoms. The second kappa shape index (κ2) is 5.32. The average molecular weight is 233 g/mol. The Bertz CT molecular complexity index is 283. The quantitative estimate of drug-likeness (QED) is 0.696. The maximum absolute atomic E-state index is 5.61. The molecule has 0 radical (unpaired) electrons. The lowest BCUT2D eigenvalue weighted by molar-refractivity contribution is 0.194. The molecule has 1 aliphatic rings. The van der Waals surface area contributed by atoms with E-state index in [0.29, 0.717) is 11.3 Å². The van der Waals surface area contributed by atoms with E-state index in [2.05, 4.69) is 4.98 Å². The summed E-state index contributed by atoms with van der Waals surface area (Å²) in [5.74, 6) is 0. The zero-order chi connectivity index (χ0) is 9.10. The van der Waals surface area contributed by atoms with Crippen molar-refractivity contribution in [2.45, 2.75) is 31.8 Å². The van der Waals surface area contributed by atoms with Gasteiger partial charge in [0, 0.05) is 12.4 Å². The van der Waals surface area contributed by atoms with Crippen LogP contribution < -0.4 is 0 Å². The van der Waals surface area contributed by atoms with E-state index in [1.807, 2.05) is 0 Å². The van der Waals surface area contributed by atoms with Crippen molar-refractivity contribution >= 4 is 29.8 Å². The fraction of sp³-hybridized carbons (Fsp3) is 0.556. The highest BCUT2D eigenvalue weighted by Gasteiger charge is 2.17. The van der Waals surface area contributed by atoms with Gasteiger partial charge in [-0.15, -0.1) is 12.4 Å². The molecular formula is C9H13ClN2OS. The molecule has 1 aliphatic carbocycles. The molecule has 1 aromatic rings. The Balaban J connectivity index is 0.000000980. The number of thiocarbonyl (C=S) groups is 1. The zero-order valence-corrected chi connectivity index (χ0v) is 9.39. The van der Waals surface area contributed by atoms with E-state index in [1.54, 1.807) is 23.3 Å². The lowest BCUT2D eigenvalue weighted by Gasteiger charge is -2.13. The van der Waals surface area contributed by atoms with Gasteiger partial charge in [0.25, 0.3) is 5.17 Å². The number of rotatable bonds is 1. The Hall–Kier alpha value is -0.610. The van der Waals surface area contributed by atoms with E-state index in [9.17, 15) is 0 Å². The SMILES string of the molecule is Cl.S=C(OC1CCCC1)n1ccnc1. The van der Waals surface area contributed by atoms with E-state index in [-0.39, 0.29) is 12.4 Å². The second-order valence-corrected chi connectivity index (χ2v) is 3.61. The minimum absolute atomic E-state index is 0. The molecule has 1 fully saturated rings. The normalized spacial score (nSPS) is 16.3. The van der Waals surface area contributed by atoms with Crippen molar-refractivity contribution in [1.82, 2.24) is 9.55 Å². The number of hydrogen-bond acceptors (Lipinski definition) is 3. The molecule has 2 rings (SSSR count). The van der Waals surface area contributed by atoms with E-state index in [4.69, 9.17) is 17.0 Å². The first-order chi connectivity index (χ1) is 6.36. The zero-order valence-electron chi connectivity index (χ0n) is 7.76. The van der Waals surface area contributed by atoms with Crippen LogP contribution in [0, 0.1) is 0 Å². The minimum atomic E-state index is 0. The number of halogens is 1. The summed E-state index contributed by atoms with van der Waals surface area (Å²) >= 11 is 5.11. The monoisotopic (exact) mass is 232 g/mol. The highest BCUT2D eigenvalue weighted by molar-refractivity contribution is 7.80. The fourth-order valence-electron chi connectivity index (χ4n) is 1.58. The van der Waals surface area contributed by atoms with Crippen LogP contribution in [0.4, 0.5) is 0 Å². The molecule has 78 valence electrons. The van der Waals surface area contributed by atoms with Crippen LogP contribution in [0.3, 0.4) is 0 Å². The molecule has 1 saturated carbocycles. The highest BCUT2D eigenvalue weighted by atomic mass is 35.5. The summed E-state index contributed by atoms with van der Waals surface area (Å²) in [6, 6.07) is 0. The summed E-state index contributed by atoms with van der Waals surface area (Å²) in [7, 11) is 0. The van der Waals surface area contributed by atoms with Crippen LogP contribution in [0.25, 0.3) is 0 Å². The predicted molar refractivity (Wildman–Crippen MR) is 60.8 cm³/mol. The molecule has 0 amide bonds. The van der Waals surface area contributed by atoms with Gasteiger partial charge in [0.2, 0.25) is 0 Å². The number of hydrogen-bond donors (Lipinski definition) is 0. The Morgan fingerprint density at radius 3 is 2.71 bits per heavy atom. The van der Waals surface area contributed by atoms with Crippen LogP contribution in [0.15, 0.2) is 18.7 Å². The summed E-state index contributed by atoms with van der Waals surface area (Å²) in [6.07, 6.45) is 10.3. The van der Waals surface area contributed by atoms with Gasteiger partial charge >= 0.3 is 0 Å². The van der Waals surface area contributed by atoms with Gasteiger partial charge in [-0.3, -0.25) is 4.57 Å². The van der Waals surface area contributed by atoms with Crippen molar-refractivity contribution in [1.29, 1.82) is 0 Å². The van der Waals surface area contributed by atoms with Crippen LogP contribution in [0.1, 0.15) is 25.7 Å². The topological polar surface area (TPSA) is 27.1 Å². The van der Waals surface area contributed by atoms with E-state index < -0.39 is 0 Å². The minimum Gasteiger partial charge on any atom is -0.467 e. The van der Waals surface area contributed by atoms with Gasteiger partial charge in [0.05, 0.1) is 0 Å². The molecule has 0 N–H and O–H groups in total. The van der Waals surface area contributed by atoms with Crippen molar-refractivity contribution < 1.29 is 4.74 Å². The molecule has 1 aromatic heterocycles. The highest BCUT2D eigenvalue weighted by Crippen LogP contribution is 2.21. The molecule has 14 heavy (non-hydrogen) atoms. The molecule has 0 spiro atoms. The van der Waals surface area contributed by atoms with Crippen molar-refractivity contribution in [3.8, 4) is 0 Å². The first-order valence-corrected chi connectivity index (χ1v) is 4.96. The van der Waals surface area contributed by atoms with Crippen LogP contribution in [0.2, 0.25) is 0 Å². The van der Waals surface area contributed by atoms with Gasteiger partial charge in [-0.05, 0) is 37.9 Å². The molecule has 0 aromatic carbocycles. The summed E-state index contributed by atoms with van der Waals surface area (Å²) in [4.78, 5) is 3.91. The Morgan fingerprint density at radius 2 is 2.14 bits per heavy atom.